The van der Waals surface area contributed by atoms with E-state index in [-0.39, 0.29) is 11.2 Å². The van der Waals surface area contributed by atoms with Crippen LogP contribution in [0.1, 0.15) is 44.9 Å². The van der Waals surface area contributed by atoms with E-state index < -0.39 is 5.97 Å². The fourth-order valence-electron chi connectivity index (χ4n) is 2.47. The van der Waals surface area contributed by atoms with Crippen molar-refractivity contribution in [3.05, 3.63) is 5.82 Å². The second-order valence-corrected chi connectivity index (χ2v) is 5.92. The van der Waals surface area contributed by atoms with E-state index in [0.29, 0.717) is 5.16 Å². The number of nitrogen functional groups attached to an aromatic ring is 1. The second-order valence-electron chi connectivity index (χ2n) is 4.98. The zero-order valence-electron chi connectivity index (χ0n) is 10.4. The summed E-state index contributed by atoms with van der Waals surface area (Å²) in [6.45, 7) is 2.16. The molecule has 0 amide bonds. The molecule has 1 aliphatic carbocycles. The first-order valence-corrected chi connectivity index (χ1v) is 7.07. The highest BCUT2D eigenvalue weighted by Gasteiger charge is 2.34. The molecule has 1 saturated carbocycles. The molecule has 0 saturated heterocycles. The van der Waals surface area contributed by atoms with E-state index >= 15 is 0 Å². The number of thioether (sulfide) groups is 1. The molecule has 0 aromatic carbocycles. The van der Waals surface area contributed by atoms with Crippen LogP contribution in [0, 0.1) is 0 Å². The van der Waals surface area contributed by atoms with Gasteiger partial charge < -0.3 is 10.9 Å². The summed E-state index contributed by atoms with van der Waals surface area (Å²) in [5.74, 6) is 5.83. The van der Waals surface area contributed by atoms with Crippen LogP contribution in [0.4, 0.5) is 0 Å². The molecule has 7 heteroatoms. The van der Waals surface area contributed by atoms with E-state index in [1.54, 1.807) is 0 Å². The zero-order chi connectivity index (χ0) is 13.2. The van der Waals surface area contributed by atoms with Crippen LogP contribution in [0.25, 0.3) is 0 Å². The summed E-state index contributed by atoms with van der Waals surface area (Å²) in [6, 6.07) is 0. The summed E-state index contributed by atoms with van der Waals surface area (Å²) >= 11 is 1.10. The molecular formula is C11H18N4O2S. The lowest BCUT2D eigenvalue weighted by atomic mass is 9.75. The minimum Gasteiger partial charge on any atom is -0.481 e. The number of nitrogens with two attached hydrogens (primary N) is 1. The second kappa shape index (κ2) is 5.17. The molecular weight excluding hydrogens is 252 g/mol. The molecule has 1 fully saturated rings. The number of rotatable bonds is 4. The number of hydrogen-bond donors (Lipinski definition) is 2. The molecule has 1 aliphatic rings. The topological polar surface area (TPSA) is 94.0 Å². The molecule has 0 aliphatic heterocycles. The van der Waals surface area contributed by atoms with Gasteiger partial charge in [-0.15, -0.1) is 10.2 Å². The summed E-state index contributed by atoms with van der Waals surface area (Å²) in [6.07, 6.45) is 5.74. The van der Waals surface area contributed by atoms with Crippen molar-refractivity contribution in [2.75, 3.05) is 11.6 Å². The molecule has 1 aromatic rings. The molecule has 0 atom stereocenters. The van der Waals surface area contributed by atoms with E-state index in [4.69, 9.17) is 10.9 Å². The van der Waals surface area contributed by atoms with Crippen LogP contribution in [-0.4, -0.2) is 31.7 Å². The maximum Gasteiger partial charge on any atom is 0.313 e. The van der Waals surface area contributed by atoms with E-state index in [1.165, 1.54) is 23.9 Å². The van der Waals surface area contributed by atoms with Crippen molar-refractivity contribution in [1.82, 2.24) is 14.9 Å². The monoisotopic (exact) mass is 270 g/mol. The van der Waals surface area contributed by atoms with Crippen LogP contribution in [-0.2, 0) is 10.2 Å². The maximum atomic E-state index is 10.5. The Morgan fingerprint density at radius 1 is 1.44 bits per heavy atom. The van der Waals surface area contributed by atoms with Gasteiger partial charge in [0.2, 0.25) is 5.16 Å². The SMILES string of the molecule is CC1(c2nnc(SCC(=O)O)n2N)CCCCC1. The highest BCUT2D eigenvalue weighted by Crippen LogP contribution is 2.38. The molecule has 1 aromatic heterocycles. The van der Waals surface area contributed by atoms with Crippen LogP contribution in [0.2, 0.25) is 0 Å². The quantitative estimate of drug-likeness (QED) is 0.634. The Labute approximate surface area is 110 Å². The molecule has 0 unspecified atom stereocenters. The standard InChI is InChI=1S/C11H18N4O2S/c1-11(5-3-2-4-6-11)9-13-14-10(15(9)12)18-7-8(16)17/h2-7,12H2,1H3,(H,16,17). The van der Waals surface area contributed by atoms with Crippen molar-refractivity contribution in [2.45, 2.75) is 49.6 Å². The lowest BCUT2D eigenvalue weighted by Crippen LogP contribution is -2.31. The van der Waals surface area contributed by atoms with Gasteiger partial charge in [0.15, 0.2) is 5.82 Å². The van der Waals surface area contributed by atoms with Gasteiger partial charge in [0.05, 0.1) is 5.75 Å². The van der Waals surface area contributed by atoms with E-state index in [9.17, 15) is 4.79 Å². The molecule has 6 nitrogen and oxygen atoms in total. The molecule has 0 spiro atoms. The molecule has 3 N–H and O–H groups in total. The minimum atomic E-state index is -0.881. The average molecular weight is 270 g/mol. The Hall–Kier alpha value is -1.24. The van der Waals surface area contributed by atoms with Crippen molar-refractivity contribution in [3.63, 3.8) is 0 Å². The number of hydrogen-bond acceptors (Lipinski definition) is 5. The molecule has 0 bridgehead atoms. The summed E-state index contributed by atoms with van der Waals surface area (Å²) < 4.78 is 1.46. The average Bonchev–Trinajstić information content (AvgIpc) is 2.69. The zero-order valence-corrected chi connectivity index (χ0v) is 11.2. The third-order valence-electron chi connectivity index (χ3n) is 3.49. The van der Waals surface area contributed by atoms with Gasteiger partial charge in [0, 0.05) is 5.41 Å². The minimum absolute atomic E-state index is 0.0258. The normalized spacial score (nSPS) is 18.7. The number of aromatic nitrogens is 3. The Balaban J connectivity index is 2.16. The first kappa shape index (κ1) is 13.2. The van der Waals surface area contributed by atoms with E-state index in [2.05, 4.69) is 17.1 Å². The third-order valence-corrected chi connectivity index (χ3v) is 4.41. The lowest BCUT2D eigenvalue weighted by Gasteiger charge is -2.31. The van der Waals surface area contributed by atoms with Gasteiger partial charge in [-0.2, -0.15) is 0 Å². The highest BCUT2D eigenvalue weighted by molar-refractivity contribution is 7.99. The molecule has 0 radical (unpaired) electrons. The van der Waals surface area contributed by atoms with Crippen LogP contribution in [0.5, 0.6) is 0 Å². The number of aliphatic carboxylic acids is 1. The molecule has 2 rings (SSSR count). The number of carboxylic acids is 1. The van der Waals surface area contributed by atoms with Crippen LogP contribution < -0.4 is 5.84 Å². The maximum absolute atomic E-state index is 10.5. The molecule has 1 heterocycles. The Morgan fingerprint density at radius 3 is 2.72 bits per heavy atom. The molecule has 18 heavy (non-hydrogen) atoms. The predicted octanol–water partition coefficient (Wildman–Crippen LogP) is 1.39. The first-order valence-electron chi connectivity index (χ1n) is 6.08. The fourth-order valence-corrected chi connectivity index (χ4v) is 3.05. The summed E-state index contributed by atoms with van der Waals surface area (Å²) in [7, 11) is 0. The van der Waals surface area contributed by atoms with Gasteiger partial charge in [0.1, 0.15) is 0 Å². The largest absolute Gasteiger partial charge is 0.481 e. The predicted molar refractivity (Wildman–Crippen MR) is 69.0 cm³/mol. The number of nitrogens with zero attached hydrogens (tertiary/aromatic N) is 3. The van der Waals surface area contributed by atoms with Gasteiger partial charge in [0.25, 0.3) is 0 Å². The van der Waals surface area contributed by atoms with Crippen molar-refractivity contribution in [3.8, 4) is 0 Å². The van der Waals surface area contributed by atoms with Crippen LogP contribution in [0.3, 0.4) is 0 Å². The van der Waals surface area contributed by atoms with Crippen molar-refractivity contribution in [1.29, 1.82) is 0 Å². The summed E-state index contributed by atoms with van der Waals surface area (Å²) in [5, 5.41) is 17.3. The van der Waals surface area contributed by atoms with E-state index in [0.717, 1.165) is 30.4 Å². The van der Waals surface area contributed by atoms with Gasteiger partial charge in [-0.05, 0) is 12.8 Å². The summed E-state index contributed by atoms with van der Waals surface area (Å²) in [5.41, 5.74) is -0.0258. The van der Waals surface area contributed by atoms with Crippen molar-refractivity contribution in [2.24, 2.45) is 0 Å². The smallest absolute Gasteiger partial charge is 0.313 e. The van der Waals surface area contributed by atoms with Crippen LogP contribution in [0.15, 0.2) is 5.16 Å². The number of carboxylic acid groups (broad SMARTS) is 1. The highest BCUT2D eigenvalue weighted by atomic mass is 32.2. The third kappa shape index (κ3) is 2.60. The lowest BCUT2D eigenvalue weighted by molar-refractivity contribution is -0.133. The van der Waals surface area contributed by atoms with Gasteiger partial charge in [-0.25, -0.2) is 4.68 Å². The van der Waals surface area contributed by atoms with Crippen LogP contribution >= 0.6 is 11.8 Å². The summed E-state index contributed by atoms with van der Waals surface area (Å²) in [4.78, 5) is 10.5. The van der Waals surface area contributed by atoms with Gasteiger partial charge in [-0.1, -0.05) is 37.9 Å². The fraction of sp³-hybridized carbons (Fsp3) is 0.727. The van der Waals surface area contributed by atoms with Crippen molar-refractivity contribution < 1.29 is 9.90 Å². The number of carbonyl (C=O) groups is 1. The van der Waals surface area contributed by atoms with Gasteiger partial charge in [-0.3, -0.25) is 4.79 Å². The Bertz CT molecular complexity index is 440. The Kier molecular flexibility index (Phi) is 3.79. The van der Waals surface area contributed by atoms with E-state index in [1.807, 2.05) is 0 Å². The Morgan fingerprint density at radius 2 is 2.11 bits per heavy atom. The molecule has 100 valence electrons. The van der Waals surface area contributed by atoms with Gasteiger partial charge >= 0.3 is 5.97 Å². The first-order chi connectivity index (χ1) is 8.53. The van der Waals surface area contributed by atoms with Crippen molar-refractivity contribution >= 4 is 17.7 Å².